The predicted octanol–water partition coefficient (Wildman–Crippen LogP) is 0.0895. The molecule has 0 spiro atoms. The molecule has 0 saturated heterocycles. The Bertz CT molecular complexity index is 733. The minimum absolute atomic E-state index is 0.0676. The van der Waals surface area contributed by atoms with E-state index in [4.69, 9.17) is 21.1 Å². The van der Waals surface area contributed by atoms with Crippen molar-refractivity contribution < 1.29 is 29.1 Å². The first kappa shape index (κ1) is 23.5. The van der Waals surface area contributed by atoms with Crippen molar-refractivity contribution in [3.05, 3.63) is 11.7 Å². The van der Waals surface area contributed by atoms with Crippen molar-refractivity contribution in [3.8, 4) is 0 Å². The number of carbonyl (C=O) groups excluding carboxylic acids is 2. The van der Waals surface area contributed by atoms with E-state index in [9.17, 15) is 19.5 Å². The normalized spacial score (nSPS) is 18.8. The number of nitrogens with one attached hydrogen (secondary N) is 2. The van der Waals surface area contributed by atoms with Crippen LogP contribution < -0.4 is 22.1 Å². The van der Waals surface area contributed by atoms with E-state index in [1.807, 2.05) is 0 Å². The quantitative estimate of drug-likeness (QED) is 0.299. The fourth-order valence-corrected chi connectivity index (χ4v) is 3.56. The van der Waals surface area contributed by atoms with Gasteiger partial charge in [-0.1, -0.05) is 37.3 Å². The third-order valence-electron chi connectivity index (χ3n) is 5.14. The maximum absolute atomic E-state index is 12.2. The second-order valence-corrected chi connectivity index (χ2v) is 7.73. The number of carboxylic acids is 1. The van der Waals surface area contributed by atoms with Crippen LogP contribution in [-0.4, -0.2) is 50.4 Å². The number of hydrogen-bond acceptors (Lipinski definition) is 8. The molecule has 12 nitrogen and oxygen atoms in total. The topological polar surface area (TPSA) is 207 Å². The first-order chi connectivity index (χ1) is 14.2. The van der Waals surface area contributed by atoms with E-state index in [-0.39, 0.29) is 18.1 Å². The highest BCUT2D eigenvalue weighted by atomic mass is 16.5. The van der Waals surface area contributed by atoms with Crippen LogP contribution in [-0.2, 0) is 9.59 Å². The van der Waals surface area contributed by atoms with Gasteiger partial charge in [-0.2, -0.15) is 4.98 Å². The Morgan fingerprint density at radius 1 is 1.23 bits per heavy atom. The van der Waals surface area contributed by atoms with Gasteiger partial charge in [-0.05, 0) is 19.3 Å². The maximum Gasteiger partial charge on any atom is 0.328 e. The number of rotatable bonds is 10. The van der Waals surface area contributed by atoms with E-state index < -0.39 is 42.1 Å². The molecule has 1 aliphatic rings. The molecule has 0 radical (unpaired) electrons. The van der Waals surface area contributed by atoms with Gasteiger partial charge in [0.15, 0.2) is 11.9 Å². The fraction of sp³-hybridized carbons (Fsp3) is 0.722. The van der Waals surface area contributed by atoms with Crippen molar-refractivity contribution in [3.63, 3.8) is 0 Å². The summed E-state index contributed by atoms with van der Waals surface area (Å²) in [7, 11) is 0. The van der Waals surface area contributed by atoms with Gasteiger partial charge in [-0.25, -0.2) is 9.59 Å². The summed E-state index contributed by atoms with van der Waals surface area (Å²) in [5, 5.41) is 26.9. The van der Waals surface area contributed by atoms with Crippen molar-refractivity contribution in [1.82, 2.24) is 20.8 Å². The third kappa shape index (κ3) is 6.95. The summed E-state index contributed by atoms with van der Waals surface area (Å²) in [6.45, 7) is 1.22. The molecule has 3 amide bonds. The standard InChI is InChI=1S/C18H30N6O6/c1-9(25)14(17(27)28)22-18(29)21-12(8-13(20)26)16-23-15(24-30-16)11(19)7-10-5-3-2-4-6-10/h9-12,14,25H,2-8,19H2,1H3,(H2,20,26)(H,27,28)(H2,21,22,29)/t9?,11-,12-,14-/m0/s1. The van der Waals surface area contributed by atoms with Crippen LogP contribution in [0.2, 0.25) is 0 Å². The average molecular weight is 426 g/mol. The molecule has 30 heavy (non-hydrogen) atoms. The summed E-state index contributed by atoms with van der Waals surface area (Å²) in [6, 6.07) is -4.00. The molecule has 8 N–H and O–H groups in total. The van der Waals surface area contributed by atoms with Gasteiger partial charge in [-0.15, -0.1) is 0 Å². The first-order valence-corrected chi connectivity index (χ1v) is 10.0. The van der Waals surface area contributed by atoms with Gasteiger partial charge in [0.2, 0.25) is 11.8 Å². The van der Waals surface area contributed by atoms with Crippen LogP contribution in [0.4, 0.5) is 4.79 Å². The lowest BCUT2D eigenvalue weighted by Crippen LogP contribution is -2.52. The molecule has 1 unspecified atom stereocenters. The number of carboxylic acid groups (broad SMARTS) is 1. The molecule has 1 aromatic rings. The SMILES string of the molecule is CC(O)[C@H](NC(=O)N[C@@H](CC(N)=O)c1nc([C@@H](N)CC2CCCCC2)no1)C(=O)O. The fourth-order valence-electron chi connectivity index (χ4n) is 3.56. The zero-order chi connectivity index (χ0) is 22.3. The number of amides is 3. The molecule has 1 fully saturated rings. The summed E-state index contributed by atoms with van der Waals surface area (Å²) in [6.07, 6.45) is 4.84. The van der Waals surface area contributed by atoms with Crippen molar-refractivity contribution >= 4 is 17.9 Å². The first-order valence-electron chi connectivity index (χ1n) is 10.0. The second kappa shape index (κ2) is 10.9. The highest BCUT2D eigenvalue weighted by Gasteiger charge is 2.29. The van der Waals surface area contributed by atoms with Gasteiger partial charge in [0.25, 0.3) is 0 Å². The second-order valence-electron chi connectivity index (χ2n) is 7.73. The zero-order valence-electron chi connectivity index (χ0n) is 16.9. The van der Waals surface area contributed by atoms with Gasteiger partial charge >= 0.3 is 12.0 Å². The number of aromatic nitrogens is 2. The lowest BCUT2D eigenvalue weighted by molar-refractivity contribution is -0.141. The Labute approximate surface area is 173 Å². The van der Waals surface area contributed by atoms with E-state index in [1.165, 1.54) is 26.2 Å². The van der Waals surface area contributed by atoms with Gasteiger partial charge in [0, 0.05) is 0 Å². The van der Waals surface area contributed by atoms with E-state index in [1.54, 1.807) is 0 Å². The van der Waals surface area contributed by atoms with Crippen LogP contribution in [0.15, 0.2) is 4.52 Å². The molecule has 12 heteroatoms. The van der Waals surface area contributed by atoms with Crippen LogP contribution in [0, 0.1) is 5.92 Å². The van der Waals surface area contributed by atoms with Gasteiger partial charge in [-0.3, -0.25) is 4.79 Å². The molecule has 0 bridgehead atoms. The maximum atomic E-state index is 12.2. The highest BCUT2D eigenvalue weighted by molar-refractivity contribution is 5.83. The van der Waals surface area contributed by atoms with E-state index in [0.29, 0.717) is 12.3 Å². The number of aliphatic carboxylic acids is 1. The molecule has 0 aromatic carbocycles. The minimum atomic E-state index is -1.54. The Kier molecular flexibility index (Phi) is 8.54. The van der Waals surface area contributed by atoms with E-state index >= 15 is 0 Å². The number of nitrogens with zero attached hydrogens (tertiary/aromatic N) is 2. The number of primary amides is 1. The minimum Gasteiger partial charge on any atom is -0.480 e. The van der Waals surface area contributed by atoms with Gasteiger partial charge in [0.1, 0.15) is 6.04 Å². The number of aliphatic hydroxyl groups is 1. The van der Waals surface area contributed by atoms with Gasteiger partial charge in [0.05, 0.1) is 18.6 Å². The Morgan fingerprint density at radius 2 is 1.90 bits per heavy atom. The Morgan fingerprint density at radius 3 is 2.47 bits per heavy atom. The summed E-state index contributed by atoms with van der Waals surface area (Å²) in [5.41, 5.74) is 11.4. The molecule has 1 aliphatic carbocycles. The van der Waals surface area contributed by atoms with Crippen molar-refractivity contribution in [2.24, 2.45) is 17.4 Å². The van der Waals surface area contributed by atoms with Gasteiger partial charge < -0.3 is 36.8 Å². The lowest BCUT2D eigenvalue weighted by Gasteiger charge is -2.23. The number of urea groups is 1. The molecule has 1 heterocycles. The smallest absolute Gasteiger partial charge is 0.328 e. The molecule has 2 rings (SSSR count). The number of nitrogens with two attached hydrogens (primary N) is 2. The predicted molar refractivity (Wildman–Crippen MR) is 104 cm³/mol. The Hall–Kier alpha value is -2.73. The molecule has 0 aliphatic heterocycles. The molecule has 1 aromatic heterocycles. The number of carbonyl (C=O) groups is 3. The lowest BCUT2D eigenvalue weighted by atomic mass is 9.85. The van der Waals surface area contributed by atoms with Crippen LogP contribution >= 0.6 is 0 Å². The van der Waals surface area contributed by atoms with Crippen molar-refractivity contribution in [2.45, 2.75) is 76.1 Å². The highest BCUT2D eigenvalue weighted by Crippen LogP contribution is 2.30. The molecule has 4 atom stereocenters. The molecular formula is C18H30N6O6. The largest absolute Gasteiger partial charge is 0.480 e. The van der Waals surface area contributed by atoms with E-state index in [2.05, 4.69) is 20.8 Å². The summed E-state index contributed by atoms with van der Waals surface area (Å²) in [5.74, 6) is -1.46. The zero-order valence-corrected chi connectivity index (χ0v) is 16.9. The summed E-state index contributed by atoms with van der Waals surface area (Å²) >= 11 is 0. The third-order valence-corrected chi connectivity index (χ3v) is 5.14. The monoisotopic (exact) mass is 426 g/mol. The van der Waals surface area contributed by atoms with Crippen LogP contribution in [0.1, 0.15) is 75.7 Å². The van der Waals surface area contributed by atoms with Crippen LogP contribution in [0.25, 0.3) is 0 Å². The van der Waals surface area contributed by atoms with Crippen LogP contribution in [0.5, 0.6) is 0 Å². The summed E-state index contributed by atoms with van der Waals surface area (Å²) < 4.78 is 5.18. The van der Waals surface area contributed by atoms with Crippen LogP contribution in [0.3, 0.4) is 0 Å². The van der Waals surface area contributed by atoms with Crippen molar-refractivity contribution in [1.29, 1.82) is 0 Å². The van der Waals surface area contributed by atoms with E-state index in [0.717, 1.165) is 12.8 Å². The molecular weight excluding hydrogens is 396 g/mol. The molecule has 168 valence electrons. The number of hydrogen-bond donors (Lipinski definition) is 6. The Balaban J connectivity index is 2.04. The number of aliphatic hydroxyl groups excluding tert-OH is 1. The summed E-state index contributed by atoms with van der Waals surface area (Å²) in [4.78, 5) is 38.9. The molecule has 1 saturated carbocycles. The average Bonchev–Trinajstić information content (AvgIpc) is 3.16. The van der Waals surface area contributed by atoms with Crippen molar-refractivity contribution in [2.75, 3.05) is 0 Å².